The maximum atomic E-state index is 5.17. The molecule has 14 heavy (non-hydrogen) atoms. The summed E-state index contributed by atoms with van der Waals surface area (Å²) in [5.41, 5.74) is 1.25. The first-order valence-corrected chi connectivity index (χ1v) is 4.76. The summed E-state index contributed by atoms with van der Waals surface area (Å²) in [6.07, 6.45) is 4.24. The molecule has 1 radical (unpaired) electrons. The average molecular weight is 188 g/mol. The van der Waals surface area contributed by atoms with Crippen molar-refractivity contribution in [1.82, 2.24) is 4.57 Å². The van der Waals surface area contributed by atoms with Gasteiger partial charge in [0, 0.05) is 23.6 Å². The summed E-state index contributed by atoms with van der Waals surface area (Å²) in [4.78, 5) is 0. The summed E-state index contributed by atoms with van der Waals surface area (Å²) >= 11 is 0. The van der Waals surface area contributed by atoms with Crippen molar-refractivity contribution in [2.45, 2.75) is 13.5 Å². The maximum absolute atomic E-state index is 5.17. The second-order valence-corrected chi connectivity index (χ2v) is 3.30. The predicted molar refractivity (Wildman–Crippen MR) is 58.5 cm³/mol. The molecule has 0 aliphatic rings. The van der Waals surface area contributed by atoms with Crippen LogP contribution in [0, 0.1) is 6.42 Å². The normalized spacial score (nSPS) is 10.7. The van der Waals surface area contributed by atoms with Gasteiger partial charge in [0.15, 0.2) is 0 Å². The fourth-order valence-corrected chi connectivity index (χ4v) is 1.66. The molecule has 0 aliphatic carbocycles. The van der Waals surface area contributed by atoms with Crippen LogP contribution in [0.5, 0.6) is 5.75 Å². The molecule has 1 heterocycles. The lowest BCUT2D eigenvalue weighted by molar-refractivity contribution is 0.415. The molecule has 0 fully saturated rings. The van der Waals surface area contributed by atoms with E-state index in [1.807, 2.05) is 6.07 Å². The fraction of sp³-hybridized carbons (Fsp3) is 0.250. The first-order chi connectivity index (χ1) is 6.85. The number of fused-ring (bicyclic) bond motifs is 1. The van der Waals surface area contributed by atoms with Crippen LogP contribution < -0.4 is 4.74 Å². The molecule has 0 N–H and O–H groups in total. The van der Waals surface area contributed by atoms with Crippen LogP contribution in [0.2, 0.25) is 0 Å². The lowest BCUT2D eigenvalue weighted by Gasteiger charge is -2.03. The fourth-order valence-electron chi connectivity index (χ4n) is 1.66. The lowest BCUT2D eigenvalue weighted by Crippen LogP contribution is -1.94. The molecule has 0 aliphatic heterocycles. The third-order valence-corrected chi connectivity index (χ3v) is 2.36. The second kappa shape index (κ2) is 3.74. The minimum Gasteiger partial charge on any atom is -0.497 e. The van der Waals surface area contributed by atoms with Crippen LogP contribution >= 0.6 is 0 Å². The smallest absolute Gasteiger partial charge is 0.119 e. The molecule has 0 saturated heterocycles. The highest BCUT2D eigenvalue weighted by atomic mass is 16.5. The molecule has 1 aromatic carbocycles. The van der Waals surface area contributed by atoms with Gasteiger partial charge in [-0.05, 0) is 30.7 Å². The van der Waals surface area contributed by atoms with E-state index in [1.165, 1.54) is 10.9 Å². The Labute approximate surface area is 84.1 Å². The number of hydrogen-bond donors (Lipinski definition) is 0. The number of hydrogen-bond acceptors (Lipinski definition) is 1. The van der Waals surface area contributed by atoms with Crippen molar-refractivity contribution in [3.8, 4) is 5.75 Å². The summed E-state index contributed by atoms with van der Waals surface area (Å²) in [5, 5.41) is 1.23. The number of methoxy groups -OCH3 is 1. The van der Waals surface area contributed by atoms with Crippen molar-refractivity contribution < 1.29 is 4.74 Å². The van der Waals surface area contributed by atoms with Gasteiger partial charge in [-0.2, -0.15) is 0 Å². The number of ether oxygens (including phenoxy) is 1. The summed E-state index contributed by atoms with van der Waals surface area (Å²) in [5.74, 6) is 0.913. The van der Waals surface area contributed by atoms with Crippen molar-refractivity contribution in [3.05, 3.63) is 36.9 Å². The Morgan fingerprint density at radius 1 is 1.36 bits per heavy atom. The van der Waals surface area contributed by atoms with Crippen molar-refractivity contribution in [3.63, 3.8) is 0 Å². The lowest BCUT2D eigenvalue weighted by atomic mass is 10.2. The van der Waals surface area contributed by atoms with Crippen LogP contribution in [0.15, 0.2) is 30.5 Å². The third-order valence-electron chi connectivity index (χ3n) is 2.36. The Hall–Kier alpha value is -1.44. The molecule has 0 saturated carbocycles. The van der Waals surface area contributed by atoms with Crippen LogP contribution in [0.3, 0.4) is 0 Å². The van der Waals surface area contributed by atoms with E-state index in [9.17, 15) is 0 Å². The minimum atomic E-state index is 0.913. The van der Waals surface area contributed by atoms with E-state index in [0.717, 1.165) is 12.3 Å². The highest BCUT2D eigenvalue weighted by Crippen LogP contribution is 2.21. The molecule has 2 nitrogen and oxygen atoms in total. The van der Waals surface area contributed by atoms with Gasteiger partial charge in [-0.25, -0.2) is 0 Å². The van der Waals surface area contributed by atoms with Gasteiger partial charge < -0.3 is 9.30 Å². The van der Waals surface area contributed by atoms with E-state index in [2.05, 4.69) is 42.3 Å². The third kappa shape index (κ3) is 1.48. The Morgan fingerprint density at radius 2 is 2.21 bits per heavy atom. The van der Waals surface area contributed by atoms with E-state index in [0.29, 0.717) is 0 Å². The topological polar surface area (TPSA) is 14.2 Å². The van der Waals surface area contributed by atoms with E-state index < -0.39 is 0 Å². The van der Waals surface area contributed by atoms with E-state index in [-0.39, 0.29) is 0 Å². The molecule has 73 valence electrons. The van der Waals surface area contributed by atoms with Crippen LogP contribution in [-0.4, -0.2) is 11.7 Å². The van der Waals surface area contributed by atoms with Crippen molar-refractivity contribution in [2.24, 2.45) is 0 Å². The van der Waals surface area contributed by atoms with Crippen molar-refractivity contribution >= 4 is 10.9 Å². The van der Waals surface area contributed by atoms with Crippen molar-refractivity contribution in [1.29, 1.82) is 0 Å². The number of rotatable bonds is 3. The van der Waals surface area contributed by atoms with Gasteiger partial charge in [0.1, 0.15) is 5.75 Å². The van der Waals surface area contributed by atoms with Crippen molar-refractivity contribution in [2.75, 3.05) is 7.11 Å². The molecule has 1 aromatic heterocycles. The summed E-state index contributed by atoms with van der Waals surface area (Å²) in [6, 6.07) is 8.26. The molecular formula is C12H14NO. The molecule has 2 rings (SSSR count). The summed E-state index contributed by atoms with van der Waals surface area (Å²) in [6.45, 7) is 3.02. The molecular weight excluding hydrogens is 174 g/mol. The standard InChI is InChI=1S/C12H14NO/c1-3-7-13-8-6-10-9-11(14-2)4-5-12(10)13/h3-6,8-9H,7H2,1-2H3. The average Bonchev–Trinajstić information content (AvgIpc) is 2.61. The Balaban J connectivity index is 2.48. The van der Waals surface area contributed by atoms with Crippen LogP contribution in [-0.2, 0) is 6.54 Å². The molecule has 0 spiro atoms. The number of benzene rings is 1. The first-order valence-electron chi connectivity index (χ1n) is 4.76. The largest absolute Gasteiger partial charge is 0.497 e. The van der Waals surface area contributed by atoms with Gasteiger partial charge in [0.2, 0.25) is 0 Å². The zero-order valence-electron chi connectivity index (χ0n) is 8.53. The van der Waals surface area contributed by atoms with Gasteiger partial charge in [-0.15, -0.1) is 0 Å². The zero-order chi connectivity index (χ0) is 9.97. The number of aromatic nitrogens is 1. The Morgan fingerprint density at radius 3 is 2.93 bits per heavy atom. The predicted octanol–water partition coefficient (Wildman–Crippen LogP) is 2.87. The molecule has 0 amide bonds. The highest BCUT2D eigenvalue weighted by molar-refractivity contribution is 5.81. The summed E-state index contributed by atoms with van der Waals surface area (Å²) < 4.78 is 7.39. The Kier molecular flexibility index (Phi) is 2.44. The highest BCUT2D eigenvalue weighted by Gasteiger charge is 2.00. The molecule has 0 unspecified atom stereocenters. The van der Waals surface area contributed by atoms with Gasteiger partial charge in [0.05, 0.1) is 7.11 Å². The second-order valence-electron chi connectivity index (χ2n) is 3.30. The van der Waals surface area contributed by atoms with Crippen LogP contribution in [0.25, 0.3) is 10.9 Å². The van der Waals surface area contributed by atoms with Crippen LogP contribution in [0.1, 0.15) is 6.92 Å². The first kappa shape index (κ1) is 9.13. The quantitative estimate of drug-likeness (QED) is 0.722. The van der Waals surface area contributed by atoms with Crippen LogP contribution in [0.4, 0.5) is 0 Å². The SMILES string of the molecule is C[CH]Cn1ccc2cc(OC)ccc21. The van der Waals surface area contributed by atoms with E-state index in [4.69, 9.17) is 4.74 Å². The molecule has 0 atom stereocenters. The summed E-state index contributed by atoms with van der Waals surface area (Å²) in [7, 11) is 1.69. The molecule has 2 aromatic rings. The van der Waals surface area contributed by atoms with E-state index >= 15 is 0 Å². The Bertz CT molecular complexity index is 431. The van der Waals surface area contributed by atoms with Gasteiger partial charge in [-0.1, -0.05) is 6.92 Å². The minimum absolute atomic E-state index is 0.913. The molecule has 2 heteroatoms. The monoisotopic (exact) mass is 188 g/mol. The van der Waals surface area contributed by atoms with Gasteiger partial charge in [-0.3, -0.25) is 0 Å². The van der Waals surface area contributed by atoms with E-state index in [1.54, 1.807) is 7.11 Å². The van der Waals surface area contributed by atoms with Gasteiger partial charge in [0.25, 0.3) is 0 Å². The number of nitrogens with zero attached hydrogens (tertiary/aromatic N) is 1. The molecule has 0 bridgehead atoms. The van der Waals surface area contributed by atoms with Gasteiger partial charge >= 0.3 is 0 Å². The maximum Gasteiger partial charge on any atom is 0.119 e. The zero-order valence-corrected chi connectivity index (χ0v) is 8.53.